The number of aromatic nitrogens is 1. The molecule has 1 aromatic carbocycles. The molecule has 2 aromatic rings. The Bertz CT molecular complexity index is 523. The van der Waals surface area contributed by atoms with Crippen LogP contribution >= 0.6 is 0 Å². The zero-order valence-corrected chi connectivity index (χ0v) is 10.7. The van der Waals surface area contributed by atoms with E-state index in [-0.39, 0.29) is 0 Å². The minimum Gasteiger partial charge on any atom is -0.493 e. The van der Waals surface area contributed by atoms with Gasteiger partial charge in [-0.3, -0.25) is 0 Å². The highest BCUT2D eigenvalue weighted by Gasteiger charge is 2.07. The summed E-state index contributed by atoms with van der Waals surface area (Å²) < 4.78 is 15.7. The number of nitrogens with zero attached hydrogens (tertiary/aromatic N) is 1. The minimum atomic E-state index is 0.519. The first-order chi connectivity index (χ1) is 8.76. The van der Waals surface area contributed by atoms with E-state index in [0.29, 0.717) is 18.2 Å². The molecule has 0 aliphatic heterocycles. The Morgan fingerprint density at radius 3 is 2.61 bits per heavy atom. The summed E-state index contributed by atoms with van der Waals surface area (Å²) in [6.45, 7) is 0. The van der Waals surface area contributed by atoms with Gasteiger partial charge >= 0.3 is 0 Å². The lowest BCUT2D eigenvalue weighted by Crippen LogP contribution is -1.94. The summed E-state index contributed by atoms with van der Waals surface area (Å²) in [4.78, 5) is 4.27. The molecule has 5 heteroatoms. The van der Waals surface area contributed by atoms with Gasteiger partial charge in [0.15, 0.2) is 11.5 Å². The number of nitrogens with one attached hydrogen (secondary N) is 1. The van der Waals surface area contributed by atoms with Gasteiger partial charge in [-0.25, -0.2) is 0 Å². The van der Waals surface area contributed by atoms with E-state index in [0.717, 1.165) is 17.0 Å². The molecule has 0 spiro atoms. The van der Waals surface area contributed by atoms with Gasteiger partial charge in [-0.1, -0.05) is 6.07 Å². The number of methoxy groups -OCH3 is 2. The molecular formula is C13H16N2O3. The minimum absolute atomic E-state index is 0.519. The van der Waals surface area contributed by atoms with Crippen molar-refractivity contribution in [3.05, 3.63) is 35.7 Å². The second kappa shape index (κ2) is 5.44. The van der Waals surface area contributed by atoms with Crippen LogP contribution in [0.2, 0.25) is 0 Å². The number of hydrogen-bond acceptors (Lipinski definition) is 5. The Labute approximate surface area is 106 Å². The molecule has 1 aromatic heterocycles. The Hall–Kier alpha value is -2.17. The fraction of sp³-hybridized carbons (Fsp3) is 0.308. The largest absolute Gasteiger partial charge is 0.493 e. The van der Waals surface area contributed by atoms with Gasteiger partial charge in [-0.05, 0) is 17.7 Å². The van der Waals surface area contributed by atoms with Gasteiger partial charge in [0.05, 0.1) is 19.9 Å². The molecule has 0 saturated heterocycles. The van der Waals surface area contributed by atoms with Crippen LogP contribution in [0.5, 0.6) is 11.5 Å². The number of hydrogen-bond donors (Lipinski definition) is 1. The van der Waals surface area contributed by atoms with Crippen molar-refractivity contribution in [1.82, 2.24) is 4.98 Å². The Morgan fingerprint density at radius 2 is 2.00 bits per heavy atom. The van der Waals surface area contributed by atoms with Crippen molar-refractivity contribution in [2.24, 2.45) is 0 Å². The second-order valence-corrected chi connectivity index (χ2v) is 3.76. The SMILES string of the molecule is CNc1nc(Cc2ccc(OC)c(OC)c2)co1. The summed E-state index contributed by atoms with van der Waals surface area (Å²) in [7, 11) is 5.01. The number of oxazole rings is 1. The molecule has 0 aliphatic carbocycles. The molecule has 1 heterocycles. The van der Waals surface area contributed by atoms with E-state index in [1.165, 1.54) is 0 Å². The van der Waals surface area contributed by atoms with Crippen molar-refractivity contribution >= 4 is 6.01 Å². The van der Waals surface area contributed by atoms with Crippen LogP contribution in [0, 0.1) is 0 Å². The smallest absolute Gasteiger partial charge is 0.294 e. The Balaban J connectivity index is 2.18. The van der Waals surface area contributed by atoms with Crippen LogP contribution in [0.4, 0.5) is 6.01 Å². The topological polar surface area (TPSA) is 56.5 Å². The Morgan fingerprint density at radius 1 is 1.22 bits per heavy atom. The first-order valence-electron chi connectivity index (χ1n) is 5.60. The molecular weight excluding hydrogens is 232 g/mol. The number of anilines is 1. The summed E-state index contributed by atoms with van der Waals surface area (Å²) in [6.07, 6.45) is 2.33. The lowest BCUT2D eigenvalue weighted by atomic mass is 10.1. The van der Waals surface area contributed by atoms with Gasteiger partial charge in [0.1, 0.15) is 6.26 Å². The van der Waals surface area contributed by atoms with Crippen LogP contribution in [0.15, 0.2) is 28.9 Å². The van der Waals surface area contributed by atoms with Crippen LogP contribution in [-0.4, -0.2) is 26.3 Å². The van der Waals surface area contributed by atoms with Gasteiger partial charge in [0.2, 0.25) is 0 Å². The van der Waals surface area contributed by atoms with E-state index in [1.54, 1.807) is 27.5 Å². The highest BCUT2D eigenvalue weighted by atomic mass is 16.5. The van der Waals surface area contributed by atoms with E-state index >= 15 is 0 Å². The normalized spacial score (nSPS) is 10.2. The van der Waals surface area contributed by atoms with E-state index in [4.69, 9.17) is 13.9 Å². The average Bonchev–Trinajstić information content (AvgIpc) is 2.86. The maximum absolute atomic E-state index is 5.26. The van der Waals surface area contributed by atoms with Crippen molar-refractivity contribution in [2.75, 3.05) is 26.6 Å². The van der Waals surface area contributed by atoms with Crippen molar-refractivity contribution in [3.8, 4) is 11.5 Å². The maximum Gasteiger partial charge on any atom is 0.294 e. The maximum atomic E-state index is 5.26. The standard InChI is InChI=1S/C13H16N2O3/c1-14-13-15-10(8-18-13)6-9-4-5-11(16-2)12(7-9)17-3/h4-5,7-8H,6H2,1-3H3,(H,14,15). The van der Waals surface area contributed by atoms with Crippen molar-refractivity contribution in [1.29, 1.82) is 0 Å². The molecule has 96 valence electrons. The van der Waals surface area contributed by atoms with Gasteiger partial charge in [0.25, 0.3) is 6.01 Å². The molecule has 0 unspecified atom stereocenters. The number of rotatable bonds is 5. The summed E-state index contributed by atoms with van der Waals surface area (Å²) in [6, 6.07) is 6.32. The average molecular weight is 248 g/mol. The molecule has 5 nitrogen and oxygen atoms in total. The van der Waals surface area contributed by atoms with Crippen LogP contribution in [-0.2, 0) is 6.42 Å². The highest BCUT2D eigenvalue weighted by Crippen LogP contribution is 2.28. The summed E-state index contributed by atoms with van der Waals surface area (Å²) in [5, 5.41) is 2.85. The van der Waals surface area contributed by atoms with Gasteiger partial charge in [-0.2, -0.15) is 4.98 Å². The second-order valence-electron chi connectivity index (χ2n) is 3.76. The Kier molecular flexibility index (Phi) is 3.72. The predicted molar refractivity (Wildman–Crippen MR) is 68.4 cm³/mol. The lowest BCUT2D eigenvalue weighted by Gasteiger charge is -2.08. The zero-order chi connectivity index (χ0) is 13.0. The fourth-order valence-corrected chi connectivity index (χ4v) is 1.70. The monoisotopic (exact) mass is 248 g/mol. The molecule has 1 N–H and O–H groups in total. The fourth-order valence-electron chi connectivity index (χ4n) is 1.70. The molecule has 0 atom stereocenters. The molecule has 0 saturated carbocycles. The van der Waals surface area contributed by atoms with E-state index in [2.05, 4.69) is 10.3 Å². The lowest BCUT2D eigenvalue weighted by molar-refractivity contribution is 0.354. The molecule has 18 heavy (non-hydrogen) atoms. The van der Waals surface area contributed by atoms with Gasteiger partial charge in [0, 0.05) is 13.5 Å². The molecule has 0 aliphatic rings. The molecule has 0 radical (unpaired) electrons. The third-order valence-corrected chi connectivity index (χ3v) is 2.60. The van der Waals surface area contributed by atoms with E-state index in [9.17, 15) is 0 Å². The third-order valence-electron chi connectivity index (χ3n) is 2.60. The zero-order valence-electron chi connectivity index (χ0n) is 10.7. The van der Waals surface area contributed by atoms with Crippen molar-refractivity contribution < 1.29 is 13.9 Å². The summed E-state index contributed by atoms with van der Waals surface area (Å²) >= 11 is 0. The number of ether oxygens (including phenoxy) is 2. The summed E-state index contributed by atoms with van der Waals surface area (Å²) in [5.74, 6) is 1.43. The van der Waals surface area contributed by atoms with Gasteiger partial charge < -0.3 is 19.2 Å². The van der Waals surface area contributed by atoms with Crippen LogP contribution in [0.3, 0.4) is 0 Å². The third kappa shape index (κ3) is 2.56. The van der Waals surface area contributed by atoms with Crippen LogP contribution in [0.1, 0.15) is 11.3 Å². The van der Waals surface area contributed by atoms with Crippen molar-refractivity contribution in [2.45, 2.75) is 6.42 Å². The predicted octanol–water partition coefficient (Wildman–Crippen LogP) is 2.32. The van der Waals surface area contributed by atoms with Crippen LogP contribution in [0.25, 0.3) is 0 Å². The quantitative estimate of drug-likeness (QED) is 0.880. The molecule has 0 bridgehead atoms. The molecule has 0 amide bonds. The molecule has 2 rings (SSSR count). The van der Waals surface area contributed by atoms with Gasteiger partial charge in [-0.15, -0.1) is 0 Å². The summed E-state index contributed by atoms with van der Waals surface area (Å²) in [5.41, 5.74) is 1.95. The highest BCUT2D eigenvalue weighted by molar-refractivity contribution is 5.43. The van der Waals surface area contributed by atoms with E-state index in [1.807, 2.05) is 18.2 Å². The first kappa shape index (κ1) is 12.3. The first-order valence-corrected chi connectivity index (χ1v) is 5.60. The van der Waals surface area contributed by atoms with Crippen LogP contribution < -0.4 is 14.8 Å². The molecule has 0 fully saturated rings. The van der Waals surface area contributed by atoms with E-state index < -0.39 is 0 Å². The number of benzene rings is 1. The van der Waals surface area contributed by atoms with Crippen molar-refractivity contribution in [3.63, 3.8) is 0 Å².